The summed E-state index contributed by atoms with van der Waals surface area (Å²) in [5.74, 6) is 3.46. The second-order valence-electron chi connectivity index (χ2n) is 11.3. The Bertz CT molecular complexity index is 899. The number of non-ortho nitro benzene ring substituents is 1. The van der Waals surface area contributed by atoms with Gasteiger partial charge in [0.25, 0.3) is 5.69 Å². The maximum atomic E-state index is 11.1. The molecular formula is C26H36N2O3. The van der Waals surface area contributed by atoms with Crippen LogP contribution in [0.25, 0.3) is 0 Å². The average Bonchev–Trinajstić information content (AvgIpc) is 3.09. The van der Waals surface area contributed by atoms with Crippen molar-refractivity contribution >= 4 is 11.9 Å². The molecule has 31 heavy (non-hydrogen) atoms. The van der Waals surface area contributed by atoms with Gasteiger partial charge in [0.1, 0.15) is 5.75 Å². The van der Waals surface area contributed by atoms with E-state index in [1.165, 1.54) is 76.0 Å². The summed E-state index contributed by atoms with van der Waals surface area (Å²) in [6, 6.07) is 4.40. The molecule has 5 rings (SSSR count). The average molecular weight is 425 g/mol. The molecule has 5 nitrogen and oxygen atoms in total. The van der Waals surface area contributed by atoms with Crippen molar-refractivity contribution in [3.63, 3.8) is 0 Å². The molecule has 0 spiro atoms. The van der Waals surface area contributed by atoms with E-state index in [4.69, 9.17) is 4.99 Å². The molecule has 0 bridgehead atoms. The van der Waals surface area contributed by atoms with Gasteiger partial charge in [0, 0.05) is 23.9 Å². The fourth-order valence-electron chi connectivity index (χ4n) is 8.44. The molecule has 4 aliphatic carbocycles. The summed E-state index contributed by atoms with van der Waals surface area (Å²) < 4.78 is 0. The number of hydrogen-bond donors (Lipinski definition) is 1. The lowest BCUT2D eigenvalue weighted by Gasteiger charge is -2.60. The van der Waals surface area contributed by atoms with Gasteiger partial charge in [0.15, 0.2) is 0 Å². The number of phenols is 1. The molecule has 1 aromatic carbocycles. The largest absolute Gasteiger partial charge is 0.507 e. The van der Waals surface area contributed by atoms with Crippen molar-refractivity contribution in [2.45, 2.75) is 84.1 Å². The number of hydrogen-bond acceptors (Lipinski definition) is 4. The monoisotopic (exact) mass is 424 g/mol. The van der Waals surface area contributed by atoms with Crippen LogP contribution >= 0.6 is 0 Å². The molecule has 1 N–H and O–H groups in total. The highest BCUT2D eigenvalue weighted by atomic mass is 16.6. The summed E-state index contributed by atoms with van der Waals surface area (Å²) >= 11 is 0. The van der Waals surface area contributed by atoms with Crippen LogP contribution in [0, 0.1) is 44.6 Å². The van der Waals surface area contributed by atoms with E-state index in [1.54, 1.807) is 6.21 Å². The Morgan fingerprint density at radius 2 is 1.84 bits per heavy atom. The van der Waals surface area contributed by atoms with Gasteiger partial charge in [-0.3, -0.25) is 15.1 Å². The van der Waals surface area contributed by atoms with Gasteiger partial charge in [-0.1, -0.05) is 26.7 Å². The van der Waals surface area contributed by atoms with E-state index in [-0.39, 0.29) is 22.9 Å². The molecule has 1 aromatic rings. The van der Waals surface area contributed by atoms with Crippen LogP contribution in [0.4, 0.5) is 5.69 Å². The normalized spacial score (nSPS) is 42.1. The first kappa shape index (κ1) is 21.0. The molecular weight excluding hydrogens is 388 g/mol. The SMILES string of the molecule is CC12CCCCC1CCC1C2CCC2(C)C(N=Cc3cc([N+](=O)[O-])ccc3O)CCC12. The number of fused-ring (bicyclic) bond motifs is 5. The second-order valence-corrected chi connectivity index (χ2v) is 11.3. The minimum absolute atomic E-state index is 0.00671. The Kier molecular flexibility index (Phi) is 5.14. The summed E-state index contributed by atoms with van der Waals surface area (Å²) in [5.41, 5.74) is 1.21. The van der Waals surface area contributed by atoms with Crippen LogP contribution in [-0.4, -0.2) is 22.3 Å². The van der Waals surface area contributed by atoms with E-state index in [1.807, 2.05) is 0 Å². The molecule has 0 heterocycles. The van der Waals surface area contributed by atoms with Crippen LogP contribution in [0.1, 0.15) is 83.6 Å². The third-order valence-electron chi connectivity index (χ3n) is 10.1. The van der Waals surface area contributed by atoms with Crippen molar-refractivity contribution in [1.29, 1.82) is 0 Å². The number of benzene rings is 1. The van der Waals surface area contributed by atoms with Crippen LogP contribution in [0.3, 0.4) is 0 Å². The van der Waals surface area contributed by atoms with Crippen molar-refractivity contribution in [3.05, 3.63) is 33.9 Å². The summed E-state index contributed by atoms with van der Waals surface area (Å²) in [6.07, 6.45) is 15.1. The van der Waals surface area contributed by atoms with Crippen molar-refractivity contribution in [2.24, 2.45) is 39.5 Å². The zero-order valence-corrected chi connectivity index (χ0v) is 18.9. The van der Waals surface area contributed by atoms with Gasteiger partial charge < -0.3 is 5.11 Å². The first-order valence-corrected chi connectivity index (χ1v) is 12.3. The molecule has 0 saturated heterocycles. The van der Waals surface area contributed by atoms with E-state index < -0.39 is 4.92 Å². The maximum absolute atomic E-state index is 11.1. The molecule has 168 valence electrons. The van der Waals surface area contributed by atoms with Crippen molar-refractivity contribution < 1.29 is 10.0 Å². The second kappa shape index (κ2) is 7.60. The van der Waals surface area contributed by atoms with Crippen LogP contribution < -0.4 is 0 Å². The zero-order chi connectivity index (χ0) is 21.8. The van der Waals surface area contributed by atoms with Crippen molar-refractivity contribution in [3.8, 4) is 5.75 Å². The van der Waals surface area contributed by atoms with Gasteiger partial charge in [0.05, 0.1) is 11.0 Å². The number of rotatable bonds is 3. The van der Waals surface area contributed by atoms with Crippen molar-refractivity contribution in [2.75, 3.05) is 0 Å². The van der Waals surface area contributed by atoms with Crippen LogP contribution in [0.2, 0.25) is 0 Å². The van der Waals surface area contributed by atoms with Gasteiger partial charge in [-0.2, -0.15) is 0 Å². The number of aliphatic imine (C=N–C) groups is 1. The van der Waals surface area contributed by atoms with E-state index in [2.05, 4.69) is 13.8 Å². The third-order valence-corrected chi connectivity index (χ3v) is 10.1. The Hall–Kier alpha value is -1.91. The van der Waals surface area contributed by atoms with E-state index in [0.29, 0.717) is 11.0 Å². The number of nitro benzene ring substituents is 1. The molecule has 0 aromatic heterocycles. The van der Waals surface area contributed by atoms with E-state index >= 15 is 0 Å². The minimum Gasteiger partial charge on any atom is -0.507 e. The molecule has 5 heteroatoms. The first-order chi connectivity index (χ1) is 14.8. The Morgan fingerprint density at radius 3 is 2.65 bits per heavy atom. The lowest BCUT2D eigenvalue weighted by molar-refractivity contribution is -0.384. The van der Waals surface area contributed by atoms with Crippen LogP contribution in [0.15, 0.2) is 23.2 Å². The van der Waals surface area contributed by atoms with Gasteiger partial charge in [-0.15, -0.1) is 0 Å². The summed E-state index contributed by atoms with van der Waals surface area (Å²) in [6.45, 7) is 5.07. The minimum atomic E-state index is -0.423. The number of phenolic OH excluding ortho intramolecular Hbond substituents is 1. The van der Waals surface area contributed by atoms with Crippen LogP contribution in [-0.2, 0) is 0 Å². The Balaban J connectivity index is 1.37. The number of nitro groups is 1. The molecule has 0 aliphatic heterocycles. The highest BCUT2D eigenvalue weighted by molar-refractivity contribution is 5.84. The summed E-state index contributed by atoms with van der Waals surface area (Å²) in [4.78, 5) is 15.6. The summed E-state index contributed by atoms with van der Waals surface area (Å²) in [7, 11) is 0. The van der Waals surface area contributed by atoms with Gasteiger partial charge >= 0.3 is 0 Å². The lowest BCUT2D eigenvalue weighted by atomic mass is 9.45. The predicted molar refractivity (Wildman–Crippen MR) is 122 cm³/mol. The van der Waals surface area contributed by atoms with Gasteiger partial charge in [-0.25, -0.2) is 0 Å². The first-order valence-electron chi connectivity index (χ1n) is 12.3. The fraction of sp³-hybridized carbons (Fsp3) is 0.731. The number of nitrogens with zero attached hydrogens (tertiary/aromatic N) is 2. The number of aromatic hydroxyl groups is 1. The molecule has 4 fully saturated rings. The quantitative estimate of drug-likeness (QED) is 0.341. The van der Waals surface area contributed by atoms with E-state index in [0.717, 1.165) is 30.1 Å². The highest BCUT2D eigenvalue weighted by Crippen LogP contribution is 2.66. The molecule has 7 unspecified atom stereocenters. The highest BCUT2D eigenvalue weighted by Gasteiger charge is 2.59. The zero-order valence-electron chi connectivity index (χ0n) is 18.9. The smallest absolute Gasteiger partial charge is 0.270 e. The molecule has 7 atom stereocenters. The fourth-order valence-corrected chi connectivity index (χ4v) is 8.44. The Labute approximate surface area is 185 Å². The van der Waals surface area contributed by atoms with Gasteiger partial charge in [-0.05, 0) is 91.9 Å². The molecule has 4 aliphatic rings. The van der Waals surface area contributed by atoms with Gasteiger partial charge in [0.2, 0.25) is 0 Å². The Morgan fingerprint density at radius 1 is 1.03 bits per heavy atom. The molecule has 4 saturated carbocycles. The lowest BCUT2D eigenvalue weighted by Crippen LogP contribution is -2.53. The maximum Gasteiger partial charge on any atom is 0.270 e. The molecule has 0 amide bonds. The molecule has 0 radical (unpaired) electrons. The third kappa shape index (κ3) is 3.30. The van der Waals surface area contributed by atoms with Crippen molar-refractivity contribution in [1.82, 2.24) is 0 Å². The van der Waals surface area contributed by atoms with E-state index in [9.17, 15) is 15.2 Å². The standard InChI is InChI=1S/C26H36N2O3/c1-25-13-4-3-5-18(25)6-8-20-21-9-11-24(26(21,2)14-12-22(20)25)27-16-17-15-19(28(30)31)7-10-23(17)29/h7,10,15-16,18,20-22,24,29H,3-6,8-9,11-14H2,1-2H3. The summed E-state index contributed by atoms with van der Waals surface area (Å²) in [5, 5.41) is 21.3. The van der Waals surface area contributed by atoms with Crippen LogP contribution in [0.5, 0.6) is 5.75 Å². The predicted octanol–water partition coefficient (Wildman–Crippen LogP) is 6.52. The topological polar surface area (TPSA) is 75.7 Å².